The molecular weight excluding hydrogens is 388 g/mol. The van der Waals surface area contributed by atoms with Crippen molar-refractivity contribution in [3.8, 4) is 5.75 Å². The molecule has 7 nitrogen and oxygen atoms in total. The van der Waals surface area contributed by atoms with Crippen molar-refractivity contribution in [2.24, 2.45) is 0 Å². The first-order valence-corrected chi connectivity index (χ1v) is 8.34. The van der Waals surface area contributed by atoms with Crippen LogP contribution in [-0.2, 0) is 0 Å². The van der Waals surface area contributed by atoms with Crippen molar-refractivity contribution in [2.45, 2.75) is 45.3 Å². The first-order chi connectivity index (χ1) is 21.1. The molecule has 0 bridgehead atoms. The third kappa shape index (κ3) is 4.28. The Kier molecular flexibility index (Phi) is 2.04. The lowest BCUT2D eigenvalue weighted by atomic mass is 10.1. The Morgan fingerprint density at radius 3 is 3.07 bits per heavy atom. The number of rotatable bonds is 7. The Balaban J connectivity index is 2.18. The van der Waals surface area contributed by atoms with Crippen LogP contribution >= 0.6 is 22.9 Å². The predicted molar refractivity (Wildman–Crippen MR) is 108 cm³/mol. The molecule has 2 aromatic rings. The molecule has 0 unspecified atom stereocenters. The van der Waals surface area contributed by atoms with E-state index in [0.29, 0.717) is 11.3 Å². The highest BCUT2D eigenvalue weighted by molar-refractivity contribution is 7.22. The van der Waals surface area contributed by atoms with Crippen LogP contribution in [0, 0.1) is 0 Å². The molecule has 2 N–H and O–H groups in total. The Morgan fingerprint density at radius 1 is 1.59 bits per heavy atom. The van der Waals surface area contributed by atoms with Gasteiger partial charge in [-0.15, -0.1) is 0 Å². The van der Waals surface area contributed by atoms with Gasteiger partial charge in [0.1, 0.15) is 10.3 Å². The molecule has 148 valence electrons. The number of aromatic hydroxyl groups is 1. The number of hydrogen-bond donors (Lipinski definition) is 2. The second-order valence-electron chi connectivity index (χ2n) is 4.84. The molecular formula is C18H25ClN4O3S. The molecule has 1 amide bonds. The molecule has 9 heteroatoms. The van der Waals surface area contributed by atoms with Crippen LogP contribution in [0.4, 0.5) is 0 Å². The van der Waals surface area contributed by atoms with Crippen molar-refractivity contribution in [3.63, 3.8) is 0 Å². The molecule has 1 saturated heterocycles. The van der Waals surface area contributed by atoms with Crippen LogP contribution in [0.25, 0.3) is 10.3 Å². The number of carbonyl (C=O) groups is 1. The molecule has 0 aromatic carbocycles. The van der Waals surface area contributed by atoms with Gasteiger partial charge >= 0.3 is 0 Å². The van der Waals surface area contributed by atoms with Crippen molar-refractivity contribution >= 4 is 39.2 Å². The molecule has 0 radical (unpaired) electrons. The summed E-state index contributed by atoms with van der Waals surface area (Å²) in [6.07, 6.45) is -13.0. The van der Waals surface area contributed by atoms with Crippen LogP contribution in [0.2, 0.25) is 5.88 Å². The molecule has 27 heavy (non-hydrogen) atoms. The van der Waals surface area contributed by atoms with Crippen LogP contribution in [0.1, 0.15) is 81.7 Å². The van der Waals surface area contributed by atoms with Crippen molar-refractivity contribution in [3.05, 3.63) is 20.4 Å². The van der Waals surface area contributed by atoms with Gasteiger partial charge in [0.2, 0.25) is 0 Å². The smallest absolute Gasteiger partial charge is 0.293 e. The van der Waals surface area contributed by atoms with Gasteiger partial charge in [-0.25, -0.2) is 4.98 Å². The maximum atomic E-state index is 13.8. The van der Waals surface area contributed by atoms with E-state index in [1.165, 1.54) is 0 Å². The van der Waals surface area contributed by atoms with Gasteiger partial charge in [-0.1, -0.05) is 29.3 Å². The highest BCUT2D eigenvalue weighted by Crippen LogP contribution is 2.34. The number of hydrogen-bond acceptors (Lipinski definition) is 6. The van der Waals surface area contributed by atoms with Gasteiger partial charge in [-0.05, 0) is 52.4 Å². The highest BCUT2D eigenvalue weighted by Gasteiger charge is 2.25. The van der Waals surface area contributed by atoms with Crippen LogP contribution < -0.4 is 10.9 Å². The Hall–Kier alpha value is -1.64. The average Bonchev–Trinajstić information content (AvgIpc) is 3.27. The molecule has 0 atom stereocenters. The van der Waals surface area contributed by atoms with Gasteiger partial charge in [0.05, 0.1) is 1.37 Å². The number of halogens is 1. The van der Waals surface area contributed by atoms with Crippen molar-refractivity contribution in [2.75, 3.05) is 26.0 Å². The lowest BCUT2D eigenvalue weighted by Crippen LogP contribution is -2.36. The second kappa shape index (κ2) is 8.58. The summed E-state index contributed by atoms with van der Waals surface area (Å²) in [6.45, 7) is -20.3. The first kappa shape index (κ1) is 6.43. The zero-order valence-electron chi connectivity index (χ0n) is 34.2. The number of nitrogens with one attached hydrogen (secondary N) is 1. The van der Waals surface area contributed by atoms with Gasteiger partial charge in [0.15, 0.2) is 17.3 Å². The van der Waals surface area contributed by atoms with E-state index in [2.05, 4.69) is 10.1 Å². The van der Waals surface area contributed by atoms with E-state index >= 15 is 0 Å². The predicted octanol–water partition coefficient (Wildman–Crippen LogP) is 3.00. The topological polar surface area (TPSA) is 87.5 Å². The largest absolute Gasteiger partial charge is 0.505 e. The first-order valence-electron chi connectivity index (χ1n) is 17.5. The summed E-state index contributed by atoms with van der Waals surface area (Å²) in [5, 5.41) is 4.17. The number of fused-ring (bicyclic) bond motifs is 1. The molecule has 0 saturated carbocycles. The number of nitrogens with zero attached hydrogens (tertiary/aromatic N) is 3. The van der Waals surface area contributed by atoms with Crippen molar-refractivity contribution in [1.82, 2.24) is 19.8 Å². The van der Waals surface area contributed by atoms with E-state index < -0.39 is 114 Å². The monoisotopic (exact) mass is 433 g/mol. The van der Waals surface area contributed by atoms with Crippen molar-refractivity contribution in [1.29, 1.82) is 1.43 Å². The summed E-state index contributed by atoms with van der Waals surface area (Å²) < 4.78 is 167. The molecule has 1 aliphatic heterocycles. The number of amides is 1. The van der Waals surface area contributed by atoms with Crippen LogP contribution in [-0.4, -0.2) is 52.9 Å². The second-order valence-corrected chi connectivity index (χ2v) is 6.42. The summed E-state index contributed by atoms with van der Waals surface area (Å²) in [4.78, 5) is 30.4. The minimum absolute atomic E-state index is 0.192. The molecule has 0 spiro atoms. The standard InChI is InChI=1S/C18H25ClN4O3S/c1-11(2)23-15-14(27-18(19)21-15)13(24)12(17(23)26)16(25)20-7-6-10-22-8-4-3-5-9-22/h11,24H,3-10H2,1-2H3,(H,20,25)/i1D3,2D3,3D2,4D2,5D2,8D2,9D2,10D2,11D/hD2. The normalized spacial score (nSPS) is 38.0. The highest BCUT2D eigenvalue weighted by atomic mass is 35.5. The number of carbonyl (C=O) groups excluding carboxylic acids is 1. The van der Waals surface area contributed by atoms with E-state index in [0.717, 1.165) is 0 Å². The summed E-state index contributed by atoms with van der Waals surface area (Å²) in [6, 6.07) is -3.86. The fraction of sp³-hybridized carbons (Fsp3) is 0.611. The molecule has 1 aliphatic rings. The zero-order chi connectivity index (χ0) is 37.8. The molecule has 2 aromatic heterocycles. The Labute approximate surface area is 196 Å². The fourth-order valence-corrected chi connectivity index (χ4v) is 3.14. The number of pyridine rings is 1. The number of likely N-dealkylation sites (tertiary alicyclic amines) is 1. The molecule has 3 heterocycles. The van der Waals surface area contributed by atoms with E-state index in [1.807, 2.05) is 0 Å². The summed E-state index contributed by atoms with van der Waals surface area (Å²) in [5.41, 5.74) is -4.21. The lowest BCUT2D eigenvalue weighted by Gasteiger charge is -2.26. The number of aromatic nitrogens is 2. The minimum atomic E-state index is -3.91. The van der Waals surface area contributed by atoms with Crippen LogP contribution in [0.15, 0.2) is 4.79 Å². The van der Waals surface area contributed by atoms with Gasteiger partial charge < -0.3 is 15.3 Å². The number of piperidine rings is 1. The van der Waals surface area contributed by atoms with Crippen LogP contribution in [0.5, 0.6) is 5.75 Å². The third-order valence-electron chi connectivity index (χ3n) is 3.18. The minimum Gasteiger partial charge on any atom is -0.505 e. The molecule has 0 aliphatic carbocycles. The van der Waals surface area contributed by atoms with E-state index in [9.17, 15) is 9.59 Å². The molecule has 3 rings (SSSR count). The number of thiazole rings is 1. The van der Waals surface area contributed by atoms with Gasteiger partial charge in [-0.3, -0.25) is 14.2 Å². The summed E-state index contributed by atoms with van der Waals surface area (Å²) in [5.74, 6) is -2.85. The van der Waals surface area contributed by atoms with Gasteiger partial charge in [0, 0.05) is 37.2 Å². The third-order valence-corrected chi connectivity index (χ3v) is 4.33. The lowest BCUT2D eigenvalue weighted by molar-refractivity contribution is 0.0946. The summed E-state index contributed by atoms with van der Waals surface area (Å²) >= 11 is 6.26. The van der Waals surface area contributed by atoms with Crippen molar-refractivity contribution < 1.29 is 37.4 Å². The summed E-state index contributed by atoms with van der Waals surface area (Å²) in [7, 11) is 0. The fourth-order valence-electron chi connectivity index (χ4n) is 2.11. The maximum Gasteiger partial charge on any atom is 0.293 e. The van der Waals surface area contributed by atoms with E-state index in [4.69, 9.17) is 40.5 Å². The SMILES string of the molecule is [2H]Oc1c(C(=O)N([2H])CCC([2H])([2H])N2C([2H])([2H])C([2H])([2H])C([2H])([2H])C([2H])([2H])C2([2H])[2H])c(=O)n(C([2H])(C([2H])([2H])[2H])C([2H])([2H])[2H])c2nc(Cl)sc12. The quantitative estimate of drug-likeness (QED) is 0.700. The van der Waals surface area contributed by atoms with E-state index in [1.54, 1.807) is 0 Å². The zero-order valence-corrected chi connectivity index (χ0v) is 14.8. The van der Waals surface area contributed by atoms with Crippen LogP contribution in [0.3, 0.4) is 0 Å². The van der Waals surface area contributed by atoms with Gasteiger partial charge in [-0.2, -0.15) is 0 Å². The Bertz CT molecular complexity index is 1620. The van der Waals surface area contributed by atoms with Gasteiger partial charge in [0.25, 0.3) is 12.9 Å². The maximum absolute atomic E-state index is 13.8. The van der Waals surface area contributed by atoms with E-state index in [-0.39, 0.29) is 9.88 Å². The Morgan fingerprint density at radius 2 is 2.37 bits per heavy atom. The average molecular weight is 434 g/mol. The molecule has 1 fully saturated rings.